The van der Waals surface area contributed by atoms with Gasteiger partial charge in [-0.2, -0.15) is 0 Å². The van der Waals surface area contributed by atoms with E-state index in [0.29, 0.717) is 18.1 Å². The molecule has 0 radical (unpaired) electrons. The van der Waals surface area contributed by atoms with E-state index < -0.39 is 35.1 Å². The average molecular weight is 420 g/mol. The third kappa shape index (κ3) is 3.94. The number of carbonyl (C=O) groups is 2. The Morgan fingerprint density at radius 3 is 2.42 bits per heavy atom. The van der Waals surface area contributed by atoms with Gasteiger partial charge in [0.25, 0.3) is 5.91 Å². The minimum absolute atomic E-state index is 0.0536. The molecule has 1 N–H and O–H groups in total. The number of halogens is 2. The van der Waals surface area contributed by atoms with Crippen molar-refractivity contribution in [3.63, 3.8) is 0 Å². The summed E-state index contributed by atoms with van der Waals surface area (Å²) in [6.45, 7) is 0. The molecule has 4 rings (SSSR count). The first-order valence-electron chi connectivity index (χ1n) is 9.66. The molecule has 0 aliphatic carbocycles. The van der Waals surface area contributed by atoms with E-state index in [4.69, 9.17) is 0 Å². The molecule has 1 aliphatic rings. The van der Waals surface area contributed by atoms with Crippen LogP contribution in [0.2, 0.25) is 0 Å². The van der Waals surface area contributed by atoms with Crippen molar-refractivity contribution in [2.45, 2.75) is 18.9 Å². The summed E-state index contributed by atoms with van der Waals surface area (Å²) in [5.74, 6) is -3.86. The first kappa shape index (κ1) is 20.4. The number of anilines is 1. The van der Waals surface area contributed by atoms with E-state index in [0.717, 1.165) is 22.6 Å². The number of carbonyl (C=O) groups excluding carboxylic acids is 2. The van der Waals surface area contributed by atoms with Crippen LogP contribution in [0.1, 0.15) is 23.6 Å². The maximum atomic E-state index is 14.6. The van der Waals surface area contributed by atoms with Crippen LogP contribution in [0.15, 0.2) is 84.4 Å². The fourth-order valence-electron chi connectivity index (χ4n) is 3.71. The Kier molecular flexibility index (Phi) is 5.58. The van der Waals surface area contributed by atoms with Crippen molar-refractivity contribution < 1.29 is 23.5 Å². The minimum Gasteiger partial charge on any atom is -0.503 e. The van der Waals surface area contributed by atoms with Gasteiger partial charge in [-0.15, -0.1) is 0 Å². The zero-order valence-corrected chi connectivity index (χ0v) is 16.3. The maximum absolute atomic E-state index is 14.6. The molecular weight excluding hydrogens is 402 g/mol. The molecule has 0 spiro atoms. The number of rotatable bonds is 6. The van der Waals surface area contributed by atoms with Gasteiger partial charge in [0.15, 0.2) is 11.5 Å². The third-order valence-electron chi connectivity index (χ3n) is 5.18. The molecule has 0 saturated heterocycles. The summed E-state index contributed by atoms with van der Waals surface area (Å²) < 4.78 is 28.0. The van der Waals surface area contributed by atoms with Crippen LogP contribution in [0.25, 0.3) is 0 Å². The van der Waals surface area contributed by atoms with Crippen LogP contribution in [0, 0.1) is 11.6 Å². The van der Waals surface area contributed by atoms with E-state index in [1.165, 1.54) is 12.4 Å². The van der Waals surface area contributed by atoms with Gasteiger partial charge in [-0.05, 0) is 41.8 Å². The van der Waals surface area contributed by atoms with Crippen LogP contribution in [-0.2, 0) is 16.0 Å². The minimum atomic E-state index is -1.06. The number of aromatic nitrogens is 1. The zero-order valence-electron chi connectivity index (χ0n) is 16.3. The largest absolute Gasteiger partial charge is 0.503 e. The van der Waals surface area contributed by atoms with E-state index in [9.17, 15) is 23.5 Å². The molecule has 1 aliphatic heterocycles. The lowest BCUT2D eigenvalue weighted by molar-refractivity contribution is -0.118. The van der Waals surface area contributed by atoms with E-state index in [1.807, 2.05) is 30.3 Å². The number of Topliss-reactive ketones (excluding diaryl/α,β-unsaturated/α-hetero) is 1. The highest BCUT2D eigenvalue weighted by molar-refractivity contribution is 6.16. The molecule has 0 fully saturated rings. The first-order chi connectivity index (χ1) is 15.0. The lowest BCUT2D eigenvalue weighted by Crippen LogP contribution is -2.31. The second-order valence-electron chi connectivity index (χ2n) is 7.13. The first-order valence-corrected chi connectivity index (χ1v) is 9.66. The lowest BCUT2D eigenvalue weighted by atomic mass is 9.93. The summed E-state index contributed by atoms with van der Waals surface area (Å²) in [5.41, 5.74) is 1.06. The lowest BCUT2D eigenvalue weighted by Gasteiger charge is -2.27. The standard InChI is InChI=1S/C24H18F2N2O3/c25-17-7-8-19(18(26)14-17)28-22(16-10-12-27-13-11-16)21(23(30)24(28)31)20(29)9-6-15-4-2-1-3-5-15/h1-5,7-8,10-14,22,30H,6,9H2. The van der Waals surface area contributed by atoms with Gasteiger partial charge in [-0.25, -0.2) is 8.78 Å². The number of ketones is 1. The van der Waals surface area contributed by atoms with Crippen molar-refractivity contribution >= 4 is 17.4 Å². The monoisotopic (exact) mass is 420 g/mol. The van der Waals surface area contributed by atoms with E-state index in [-0.39, 0.29) is 17.7 Å². The summed E-state index contributed by atoms with van der Waals surface area (Å²) in [5, 5.41) is 10.6. The molecule has 0 saturated carbocycles. The van der Waals surface area contributed by atoms with Crippen LogP contribution in [0.4, 0.5) is 14.5 Å². The number of nitrogens with zero attached hydrogens (tertiary/aromatic N) is 2. The predicted molar refractivity (Wildman–Crippen MR) is 110 cm³/mol. The topological polar surface area (TPSA) is 70.5 Å². The van der Waals surface area contributed by atoms with Crippen LogP contribution in [0.3, 0.4) is 0 Å². The van der Waals surface area contributed by atoms with Crippen molar-refractivity contribution in [1.82, 2.24) is 4.98 Å². The van der Waals surface area contributed by atoms with Crippen molar-refractivity contribution in [2.75, 3.05) is 4.90 Å². The Labute approximate surface area is 177 Å². The number of aliphatic hydroxyl groups excluding tert-OH is 1. The summed E-state index contributed by atoms with van der Waals surface area (Å²) in [7, 11) is 0. The summed E-state index contributed by atoms with van der Waals surface area (Å²) in [4.78, 5) is 30.9. The zero-order chi connectivity index (χ0) is 22.0. The fourth-order valence-corrected chi connectivity index (χ4v) is 3.71. The highest BCUT2D eigenvalue weighted by Crippen LogP contribution is 2.42. The van der Waals surface area contributed by atoms with Gasteiger partial charge in [0.05, 0.1) is 17.3 Å². The van der Waals surface area contributed by atoms with E-state index >= 15 is 0 Å². The van der Waals surface area contributed by atoms with Gasteiger partial charge in [0.1, 0.15) is 11.6 Å². The van der Waals surface area contributed by atoms with Gasteiger partial charge in [-0.1, -0.05) is 30.3 Å². The van der Waals surface area contributed by atoms with E-state index in [1.54, 1.807) is 12.1 Å². The Morgan fingerprint density at radius 2 is 1.74 bits per heavy atom. The molecule has 7 heteroatoms. The number of pyridine rings is 1. The highest BCUT2D eigenvalue weighted by atomic mass is 19.1. The van der Waals surface area contributed by atoms with Gasteiger partial charge in [-0.3, -0.25) is 19.5 Å². The smallest absolute Gasteiger partial charge is 0.294 e. The van der Waals surface area contributed by atoms with Crippen molar-refractivity contribution in [3.05, 3.63) is 107 Å². The molecule has 1 aromatic heterocycles. The van der Waals surface area contributed by atoms with Crippen molar-refractivity contribution in [2.24, 2.45) is 0 Å². The second-order valence-corrected chi connectivity index (χ2v) is 7.13. The SMILES string of the molecule is O=C(CCc1ccccc1)C1=C(O)C(=O)N(c2ccc(F)cc2F)C1c1ccncc1. The molecule has 31 heavy (non-hydrogen) atoms. The van der Waals surface area contributed by atoms with Crippen LogP contribution < -0.4 is 4.90 Å². The van der Waals surface area contributed by atoms with Gasteiger partial charge in [0.2, 0.25) is 0 Å². The second kappa shape index (κ2) is 8.47. The molecular formula is C24H18F2N2O3. The Morgan fingerprint density at radius 1 is 1.03 bits per heavy atom. The highest BCUT2D eigenvalue weighted by Gasteiger charge is 2.44. The molecule has 2 aromatic carbocycles. The molecule has 5 nitrogen and oxygen atoms in total. The third-order valence-corrected chi connectivity index (χ3v) is 5.18. The average Bonchev–Trinajstić information content (AvgIpc) is 3.04. The molecule has 2 heterocycles. The summed E-state index contributed by atoms with van der Waals surface area (Å²) in [6, 6.07) is 14.2. The number of hydrogen-bond acceptors (Lipinski definition) is 4. The van der Waals surface area contributed by atoms with Crippen molar-refractivity contribution in [3.8, 4) is 0 Å². The fraction of sp³-hybridized carbons (Fsp3) is 0.125. The normalized spacial score (nSPS) is 16.1. The van der Waals surface area contributed by atoms with Gasteiger partial charge < -0.3 is 5.11 Å². The Hall–Kier alpha value is -3.87. The van der Waals surface area contributed by atoms with Gasteiger partial charge >= 0.3 is 0 Å². The van der Waals surface area contributed by atoms with Crippen LogP contribution >= 0.6 is 0 Å². The Bertz CT molecular complexity index is 1160. The number of benzene rings is 2. The number of hydrogen-bond donors (Lipinski definition) is 1. The molecule has 0 bridgehead atoms. The van der Waals surface area contributed by atoms with Crippen molar-refractivity contribution in [1.29, 1.82) is 0 Å². The number of aryl methyl sites for hydroxylation is 1. The predicted octanol–water partition coefficient (Wildman–Crippen LogP) is 4.46. The van der Waals surface area contributed by atoms with E-state index in [2.05, 4.69) is 4.98 Å². The van der Waals surface area contributed by atoms with Gasteiger partial charge in [0, 0.05) is 24.9 Å². The quantitative estimate of drug-likeness (QED) is 0.639. The molecule has 3 aromatic rings. The maximum Gasteiger partial charge on any atom is 0.294 e. The number of aliphatic hydroxyl groups is 1. The molecule has 1 atom stereocenters. The van der Waals surface area contributed by atoms with Crippen LogP contribution in [0.5, 0.6) is 0 Å². The summed E-state index contributed by atoms with van der Waals surface area (Å²) in [6.07, 6.45) is 3.41. The summed E-state index contributed by atoms with van der Waals surface area (Å²) >= 11 is 0. The Balaban J connectivity index is 1.74. The molecule has 156 valence electrons. The number of amides is 1. The van der Waals surface area contributed by atoms with Crippen LogP contribution in [-0.4, -0.2) is 21.8 Å². The molecule has 1 amide bonds. The molecule has 1 unspecified atom stereocenters.